The molecule has 8 heteroatoms. The lowest BCUT2D eigenvalue weighted by Gasteiger charge is -2.11. The fraction of sp³-hybridized carbons (Fsp3) is 0.0800. The van der Waals surface area contributed by atoms with Crippen molar-refractivity contribution in [3.05, 3.63) is 111 Å². The molecule has 0 fully saturated rings. The summed E-state index contributed by atoms with van der Waals surface area (Å²) in [6, 6.07) is 20.3. The van der Waals surface area contributed by atoms with Gasteiger partial charge in [-0.25, -0.2) is 9.07 Å². The van der Waals surface area contributed by atoms with Crippen LogP contribution in [0, 0.1) is 5.82 Å². The maximum absolute atomic E-state index is 13.5. The number of benzene rings is 3. The maximum atomic E-state index is 13.5. The Kier molecular flexibility index (Phi) is 5.62. The predicted molar refractivity (Wildman–Crippen MR) is 123 cm³/mol. The van der Waals surface area contributed by atoms with Gasteiger partial charge in [-0.05, 0) is 48.0 Å². The second kappa shape index (κ2) is 8.88. The molecule has 2 heterocycles. The molecule has 0 saturated heterocycles. The van der Waals surface area contributed by atoms with E-state index >= 15 is 0 Å². The lowest BCUT2D eigenvalue weighted by molar-refractivity contribution is 0.293. The smallest absolute Gasteiger partial charge is 0.235 e. The standard InChI is InChI=1S/C25H17ClFN3O3/c26-18-8-11-22-21(12-18)23(31)25(24(33-22)17-6-9-19(27)10-7-17)32-15-20-14-30(29-28-20)13-16-4-2-1-3-5-16/h1-12,14H,13,15H2. The number of nitrogens with zero attached hydrogens (tertiary/aromatic N) is 3. The van der Waals surface area contributed by atoms with Gasteiger partial charge in [-0.3, -0.25) is 4.79 Å². The monoisotopic (exact) mass is 461 g/mol. The van der Waals surface area contributed by atoms with Crippen LogP contribution in [0.1, 0.15) is 11.3 Å². The molecule has 0 radical (unpaired) electrons. The minimum Gasteiger partial charge on any atom is -0.480 e. The molecular weight excluding hydrogens is 445 g/mol. The minimum absolute atomic E-state index is 0.000182. The van der Waals surface area contributed by atoms with E-state index in [2.05, 4.69) is 10.3 Å². The quantitative estimate of drug-likeness (QED) is 0.335. The average molecular weight is 462 g/mol. The van der Waals surface area contributed by atoms with Gasteiger partial charge in [0, 0.05) is 10.6 Å². The Labute approximate surface area is 192 Å². The molecule has 5 aromatic rings. The fourth-order valence-corrected chi connectivity index (χ4v) is 3.64. The summed E-state index contributed by atoms with van der Waals surface area (Å²) in [6.45, 7) is 0.561. The summed E-state index contributed by atoms with van der Waals surface area (Å²) < 4.78 is 27.0. The highest BCUT2D eigenvalue weighted by molar-refractivity contribution is 6.31. The summed E-state index contributed by atoms with van der Waals surface area (Å²) >= 11 is 6.08. The van der Waals surface area contributed by atoms with E-state index in [0.717, 1.165) is 5.56 Å². The molecule has 0 unspecified atom stereocenters. The van der Waals surface area contributed by atoms with Crippen LogP contribution in [0.3, 0.4) is 0 Å². The molecule has 0 spiro atoms. The van der Waals surface area contributed by atoms with Crippen LogP contribution in [0.4, 0.5) is 4.39 Å². The van der Waals surface area contributed by atoms with Crippen molar-refractivity contribution in [1.82, 2.24) is 15.0 Å². The Morgan fingerprint density at radius 1 is 1.03 bits per heavy atom. The molecule has 5 rings (SSSR count). The molecule has 0 N–H and O–H groups in total. The van der Waals surface area contributed by atoms with Crippen molar-refractivity contribution < 1.29 is 13.5 Å². The minimum atomic E-state index is -0.397. The van der Waals surface area contributed by atoms with Crippen LogP contribution in [0.15, 0.2) is 88.2 Å². The van der Waals surface area contributed by atoms with Crippen molar-refractivity contribution in [2.45, 2.75) is 13.2 Å². The van der Waals surface area contributed by atoms with Gasteiger partial charge >= 0.3 is 0 Å². The molecule has 164 valence electrons. The van der Waals surface area contributed by atoms with Crippen molar-refractivity contribution in [3.8, 4) is 17.1 Å². The topological polar surface area (TPSA) is 70.2 Å². The van der Waals surface area contributed by atoms with E-state index in [9.17, 15) is 9.18 Å². The first kappa shape index (κ1) is 20.9. The largest absolute Gasteiger partial charge is 0.480 e. The van der Waals surface area contributed by atoms with Gasteiger partial charge in [-0.2, -0.15) is 0 Å². The van der Waals surface area contributed by atoms with Crippen molar-refractivity contribution in [2.24, 2.45) is 0 Å². The fourth-order valence-electron chi connectivity index (χ4n) is 3.47. The second-order valence-corrected chi connectivity index (χ2v) is 7.85. The highest BCUT2D eigenvalue weighted by Gasteiger charge is 2.19. The van der Waals surface area contributed by atoms with Gasteiger partial charge in [0.1, 0.15) is 23.7 Å². The zero-order valence-electron chi connectivity index (χ0n) is 17.2. The van der Waals surface area contributed by atoms with Crippen LogP contribution in [-0.2, 0) is 13.2 Å². The summed E-state index contributed by atoms with van der Waals surface area (Å²) in [5, 5.41) is 8.95. The number of rotatable bonds is 6. The lowest BCUT2D eigenvalue weighted by Crippen LogP contribution is -2.10. The number of hydrogen-bond donors (Lipinski definition) is 0. The van der Waals surface area contributed by atoms with Crippen molar-refractivity contribution >= 4 is 22.6 Å². The molecule has 0 aliphatic heterocycles. The van der Waals surface area contributed by atoms with E-state index in [1.807, 2.05) is 30.3 Å². The van der Waals surface area contributed by atoms with Crippen molar-refractivity contribution in [3.63, 3.8) is 0 Å². The van der Waals surface area contributed by atoms with Gasteiger partial charge in [0.05, 0.1) is 18.1 Å². The Bertz CT molecular complexity index is 1480. The van der Waals surface area contributed by atoms with Crippen LogP contribution in [0.25, 0.3) is 22.3 Å². The summed E-state index contributed by atoms with van der Waals surface area (Å²) in [5.74, 6) is -0.202. The number of ether oxygens (including phenoxy) is 1. The Balaban J connectivity index is 1.48. The molecule has 0 saturated carbocycles. The summed E-state index contributed by atoms with van der Waals surface area (Å²) in [4.78, 5) is 13.3. The van der Waals surface area contributed by atoms with Crippen LogP contribution >= 0.6 is 11.6 Å². The van der Waals surface area contributed by atoms with Crippen LogP contribution in [-0.4, -0.2) is 15.0 Å². The number of aromatic nitrogens is 3. The van der Waals surface area contributed by atoms with Gasteiger partial charge in [0.25, 0.3) is 0 Å². The first-order valence-electron chi connectivity index (χ1n) is 10.1. The van der Waals surface area contributed by atoms with E-state index in [1.54, 1.807) is 23.0 Å². The van der Waals surface area contributed by atoms with Crippen molar-refractivity contribution in [1.29, 1.82) is 0 Å². The van der Waals surface area contributed by atoms with E-state index in [1.165, 1.54) is 30.3 Å². The predicted octanol–water partition coefficient (Wildman–Crippen LogP) is 5.47. The van der Waals surface area contributed by atoms with Gasteiger partial charge in [0.2, 0.25) is 11.2 Å². The third-order valence-electron chi connectivity index (χ3n) is 5.06. The third-order valence-corrected chi connectivity index (χ3v) is 5.29. The molecule has 6 nitrogen and oxygen atoms in total. The normalized spacial score (nSPS) is 11.1. The SMILES string of the molecule is O=c1c(OCc2cn(Cc3ccccc3)nn2)c(-c2ccc(F)cc2)oc2ccc(Cl)cc12. The molecule has 0 aliphatic carbocycles. The van der Waals surface area contributed by atoms with Crippen LogP contribution < -0.4 is 10.2 Å². The molecular formula is C25H17ClFN3O3. The zero-order valence-corrected chi connectivity index (χ0v) is 18.0. The van der Waals surface area contributed by atoms with Gasteiger partial charge in [0.15, 0.2) is 5.76 Å². The van der Waals surface area contributed by atoms with Crippen molar-refractivity contribution in [2.75, 3.05) is 0 Å². The lowest BCUT2D eigenvalue weighted by atomic mass is 10.1. The summed E-state index contributed by atoms with van der Waals surface area (Å²) in [5.41, 5.74) is 2.11. The third kappa shape index (κ3) is 4.49. The number of hydrogen-bond acceptors (Lipinski definition) is 5. The van der Waals surface area contributed by atoms with Gasteiger partial charge in [-0.1, -0.05) is 47.1 Å². The molecule has 0 aliphatic rings. The summed E-state index contributed by atoms with van der Waals surface area (Å²) in [7, 11) is 0. The molecule has 0 amide bonds. The maximum Gasteiger partial charge on any atom is 0.235 e. The number of halogens is 2. The molecule has 33 heavy (non-hydrogen) atoms. The van der Waals surface area contributed by atoms with Crippen LogP contribution in [0.2, 0.25) is 5.02 Å². The molecule has 3 aromatic carbocycles. The Morgan fingerprint density at radius 3 is 2.61 bits per heavy atom. The van der Waals surface area contributed by atoms with Gasteiger partial charge < -0.3 is 9.15 Å². The van der Waals surface area contributed by atoms with E-state index in [4.69, 9.17) is 20.8 Å². The highest BCUT2D eigenvalue weighted by atomic mass is 35.5. The average Bonchev–Trinajstić information content (AvgIpc) is 3.27. The van der Waals surface area contributed by atoms with Crippen LogP contribution in [0.5, 0.6) is 5.75 Å². The Morgan fingerprint density at radius 2 is 1.82 bits per heavy atom. The molecule has 0 atom stereocenters. The first-order valence-corrected chi connectivity index (χ1v) is 10.5. The zero-order chi connectivity index (χ0) is 22.8. The molecule has 0 bridgehead atoms. The van der Waals surface area contributed by atoms with E-state index in [0.29, 0.717) is 28.4 Å². The summed E-state index contributed by atoms with van der Waals surface area (Å²) in [6.07, 6.45) is 1.75. The van der Waals surface area contributed by atoms with E-state index < -0.39 is 5.82 Å². The Hall–Kier alpha value is -3.97. The second-order valence-electron chi connectivity index (χ2n) is 7.42. The first-order chi connectivity index (χ1) is 16.1. The number of fused-ring (bicyclic) bond motifs is 1. The highest BCUT2D eigenvalue weighted by Crippen LogP contribution is 2.32. The molecule has 2 aromatic heterocycles. The van der Waals surface area contributed by atoms with E-state index in [-0.39, 0.29) is 28.9 Å². The van der Waals surface area contributed by atoms with Gasteiger partial charge in [-0.15, -0.1) is 5.10 Å².